The molecule has 26 heavy (non-hydrogen) atoms. The van der Waals surface area contributed by atoms with Gasteiger partial charge in [-0.25, -0.2) is 0 Å². The van der Waals surface area contributed by atoms with Gasteiger partial charge in [0.2, 0.25) is 0 Å². The lowest BCUT2D eigenvalue weighted by molar-refractivity contribution is -0.0130. The highest BCUT2D eigenvalue weighted by Gasteiger charge is 2.61. The molecule has 0 heterocycles. The van der Waals surface area contributed by atoms with E-state index < -0.39 is 0 Å². The van der Waals surface area contributed by atoms with Gasteiger partial charge in [-0.2, -0.15) is 0 Å². The second-order valence-corrected chi connectivity index (χ2v) is 9.75. The predicted octanol–water partition coefficient (Wildman–Crippen LogP) is 7.77. The minimum Gasteiger partial charge on any atom is -0.0645 e. The van der Waals surface area contributed by atoms with Gasteiger partial charge in [0, 0.05) is 10.8 Å². The largest absolute Gasteiger partial charge is 0.0645 e. The molecule has 0 saturated carbocycles. The molecule has 2 aromatic rings. The van der Waals surface area contributed by atoms with E-state index in [1.165, 1.54) is 11.1 Å². The fourth-order valence-corrected chi connectivity index (χ4v) is 6.16. The van der Waals surface area contributed by atoms with Crippen molar-refractivity contribution in [2.45, 2.75) is 79.1 Å². The third-order valence-corrected chi connectivity index (χ3v) is 6.88. The summed E-state index contributed by atoms with van der Waals surface area (Å²) >= 11 is 0. The first-order valence-electron chi connectivity index (χ1n) is 10.2. The first kappa shape index (κ1) is 20.7. The summed E-state index contributed by atoms with van der Waals surface area (Å²) in [6.45, 7) is 19.4. The molecule has 0 nitrogen and oxygen atoms in total. The molecule has 0 aliphatic carbocycles. The first-order chi connectivity index (χ1) is 12.1. The van der Waals surface area contributed by atoms with Crippen LogP contribution in [0.2, 0.25) is 0 Å². The average molecular weight is 351 g/mol. The van der Waals surface area contributed by atoms with Crippen molar-refractivity contribution in [1.82, 2.24) is 0 Å². The van der Waals surface area contributed by atoms with E-state index in [1.807, 2.05) is 0 Å². The molecule has 0 aliphatic heterocycles. The lowest BCUT2D eigenvalue weighted by Crippen LogP contribution is -2.62. The molecule has 0 heteroatoms. The van der Waals surface area contributed by atoms with Crippen molar-refractivity contribution in [3.05, 3.63) is 71.8 Å². The molecule has 0 fully saturated rings. The van der Waals surface area contributed by atoms with Crippen LogP contribution in [0.5, 0.6) is 0 Å². The summed E-state index contributed by atoms with van der Waals surface area (Å²) in [6, 6.07) is 22.5. The number of rotatable bonds is 5. The van der Waals surface area contributed by atoms with E-state index in [-0.39, 0.29) is 21.7 Å². The van der Waals surface area contributed by atoms with Gasteiger partial charge in [-0.1, -0.05) is 116 Å². The van der Waals surface area contributed by atoms with Crippen LogP contribution in [0.25, 0.3) is 0 Å². The van der Waals surface area contributed by atoms with Crippen molar-refractivity contribution in [3.63, 3.8) is 0 Å². The second kappa shape index (κ2) is 7.22. The summed E-state index contributed by atoms with van der Waals surface area (Å²) in [5, 5.41) is 0. The van der Waals surface area contributed by atoms with Crippen LogP contribution in [0.15, 0.2) is 60.7 Å². The Labute approximate surface area is 162 Å². The smallest absolute Gasteiger partial charge is 0.0100 e. The van der Waals surface area contributed by atoms with E-state index in [2.05, 4.69) is 116 Å². The monoisotopic (exact) mass is 350 g/mol. The van der Waals surface area contributed by atoms with Crippen LogP contribution in [0, 0.1) is 10.8 Å². The SMILES string of the molecule is CCC(c1ccccc1)(C(C)(C)C)C(CC)(c1ccccc1)C(C)(C)C. The number of benzene rings is 2. The number of hydrogen-bond acceptors (Lipinski definition) is 0. The maximum atomic E-state index is 2.43. The molecule has 142 valence electrons. The molecule has 2 atom stereocenters. The van der Waals surface area contributed by atoms with Crippen molar-refractivity contribution in [3.8, 4) is 0 Å². The highest BCUT2D eigenvalue weighted by Crippen LogP contribution is 2.64. The number of hydrogen-bond donors (Lipinski definition) is 0. The van der Waals surface area contributed by atoms with E-state index >= 15 is 0 Å². The molecule has 0 saturated heterocycles. The Morgan fingerprint density at radius 3 is 0.962 bits per heavy atom. The Bertz CT molecular complexity index is 621. The standard InChI is InChI=1S/C26H38/c1-9-25(23(3,4)5,21-17-13-11-14-18-21)26(10-2,24(6,7)8)22-19-15-12-16-20-22/h11-20H,9-10H2,1-8H3. The van der Waals surface area contributed by atoms with Gasteiger partial charge < -0.3 is 0 Å². The van der Waals surface area contributed by atoms with Crippen LogP contribution in [0.1, 0.15) is 79.4 Å². The van der Waals surface area contributed by atoms with Gasteiger partial charge in [0.05, 0.1) is 0 Å². The molecule has 0 aromatic heterocycles. The quantitative estimate of drug-likeness (QED) is 0.516. The lowest BCUT2D eigenvalue weighted by atomic mass is 9.40. The van der Waals surface area contributed by atoms with Gasteiger partial charge in [-0.3, -0.25) is 0 Å². The van der Waals surface area contributed by atoms with E-state index in [4.69, 9.17) is 0 Å². The first-order valence-corrected chi connectivity index (χ1v) is 10.2. The maximum Gasteiger partial charge on any atom is 0.0100 e. The Hall–Kier alpha value is -1.56. The molecule has 0 amide bonds. The molecule has 2 unspecified atom stereocenters. The van der Waals surface area contributed by atoms with Crippen molar-refractivity contribution < 1.29 is 0 Å². The Morgan fingerprint density at radius 1 is 0.500 bits per heavy atom. The molecule has 0 bridgehead atoms. The van der Waals surface area contributed by atoms with Gasteiger partial charge in [-0.05, 0) is 34.8 Å². The zero-order chi connectivity index (χ0) is 19.6. The minimum absolute atomic E-state index is 0.0234. The van der Waals surface area contributed by atoms with Gasteiger partial charge >= 0.3 is 0 Å². The van der Waals surface area contributed by atoms with Crippen LogP contribution in [0.3, 0.4) is 0 Å². The molecule has 2 aromatic carbocycles. The van der Waals surface area contributed by atoms with Gasteiger partial charge in [0.1, 0.15) is 0 Å². The zero-order valence-corrected chi connectivity index (χ0v) is 18.2. The van der Waals surface area contributed by atoms with Crippen LogP contribution in [-0.2, 0) is 10.8 Å². The van der Waals surface area contributed by atoms with Crippen LogP contribution < -0.4 is 0 Å². The van der Waals surface area contributed by atoms with Crippen LogP contribution in [0.4, 0.5) is 0 Å². The molecular formula is C26H38. The van der Waals surface area contributed by atoms with Gasteiger partial charge in [-0.15, -0.1) is 0 Å². The summed E-state index contributed by atoms with van der Waals surface area (Å²) < 4.78 is 0. The van der Waals surface area contributed by atoms with Crippen LogP contribution in [-0.4, -0.2) is 0 Å². The fraction of sp³-hybridized carbons (Fsp3) is 0.538. The summed E-state index contributed by atoms with van der Waals surface area (Å²) in [4.78, 5) is 0. The summed E-state index contributed by atoms with van der Waals surface area (Å²) in [6.07, 6.45) is 2.22. The summed E-state index contributed by atoms with van der Waals surface area (Å²) in [5.74, 6) is 0. The summed E-state index contributed by atoms with van der Waals surface area (Å²) in [7, 11) is 0. The predicted molar refractivity (Wildman–Crippen MR) is 116 cm³/mol. The van der Waals surface area contributed by atoms with Crippen LogP contribution >= 0.6 is 0 Å². The molecule has 0 spiro atoms. The molecule has 2 rings (SSSR count). The fourth-order valence-electron chi connectivity index (χ4n) is 6.16. The van der Waals surface area contributed by atoms with Crippen molar-refractivity contribution in [2.75, 3.05) is 0 Å². The Kier molecular flexibility index (Phi) is 5.76. The van der Waals surface area contributed by atoms with E-state index in [0.717, 1.165) is 12.8 Å². The van der Waals surface area contributed by atoms with E-state index in [0.29, 0.717) is 0 Å². The van der Waals surface area contributed by atoms with Crippen molar-refractivity contribution in [2.24, 2.45) is 10.8 Å². The summed E-state index contributed by atoms with van der Waals surface area (Å²) in [5.41, 5.74) is 3.21. The van der Waals surface area contributed by atoms with Gasteiger partial charge in [0.15, 0.2) is 0 Å². The second-order valence-electron chi connectivity index (χ2n) is 9.75. The topological polar surface area (TPSA) is 0 Å². The molecular weight excluding hydrogens is 312 g/mol. The zero-order valence-electron chi connectivity index (χ0n) is 18.2. The van der Waals surface area contributed by atoms with Crippen molar-refractivity contribution >= 4 is 0 Å². The third-order valence-electron chi connectivity index (χ3n) is 6.88. The minimum atomic E-state index is 0.0234. The normalized spacial score (nSPS) is 17.4. The lowest BCUT2D eigenvalue weighted by Gasteiger charge is -2.63. The molecule has 0 radical (unpaired) electrons. The highest BCUT2D eigenvalue weighted by atomic mass is 14.6. The van der Waals surface area contributed by atoms with Gasteiger partial charge in [0.25, 0.3) is 0 Å². The highest BCUT2D eigenvalue weighted by molar-refractivity contribution is 5.43. The molecule has 0 N–H and O–H groups in total. The van der Waals surface area contributed by atoms with Crippen molar-refractivity contribution in [1.29, 1.82) is 0 Å². The Morgan fingerprint density at radius 2 is 0.769 bits per heavy atom. The Balaban J connectivity index is 3.02. The van der Waals surface area contributed by atoms with E-state index in [9.17, 15) is 0 Å². The third kappa shape index (κ3) is 2.92. The maximum absolute atomic E-state index is 2.43. The average Bonchev–Trinajstić information content (AvgIpc) is 2.59. The molecule has 0 aliphatic rings. The van der Waals surface area contributed by atoms with E-state index in [1.54, 1.807) is 0 Å².